The molecule has 6 nitrogen and oxygen atoms in total. The molecule has 0 aliphatic carbocycles. The molecule has 7 heteroatoms. The van der Waals surface area contributed by atoms with E-state index >= 15 is 0 Å². The standard InChI is InChI=1S/C10H14ClN3O3/c1-7(2)13(4-3-11)10(15)9-5-8(6-12-9)14(16)17/h5-7,12H,3-4H2,1-2H3. The Morgan fingerprint density at radius 1 is 1.65 bits per heavy atom. The van der Waals surface area contributed by atoms with E-state index in [2.05, 4.69) is 4.98 Å². The summed E-state index contributed by atoms with van der Waals surface area (Å²) in [7, 11) is 0. The van der Waals surface area contributed by atoms with Gasteiger partial charge in [0, 0.05) is 24.5 Å². The molecule has 0 fully saturated rings. The lowest BCUT2D eigenvalue weighted by Crippen LogP contribution is -2.38. The third-order valence-electron chi connectivity index (χ3n) is 2.32. The number of nitrogens with one attached hydrogen (secondary N) is 1. The smallest absolute Gasteiger partial charge is 0.287 e. The molecule has 0 saturated carbocycles. The highest BCUT2D eigenvalue weighted by atomic mass is 35.5. The predicted octanol–water partition coefficient (Wildman–Crippen LogP) is 2.01. The molecule has 0 atom stereocenters. The van der Waals surface area contributed by atoms with E-state index in [0.29, 0.717) is 12.4 Å². The van der Waals surface area contributed by atoms with Crippen molar-refractivity contribution < 1.29 is 9.72 Å². The van der Waals surface area contributed by atoms with Gasteiger partial charge in [0.05, 0.1) is 11.1 Å². The van der Waals surface area contributed by atoms with Crippen molar-refractivity contribution in [3.63, 3.8) is 0 Å². The molecule has 0 spiro atoms. The van der Waals surface area contributed by atoms with E-state index in [0.717, 1.165) is 0 Å². The van der Waals surface area contributed by atoms with Gasteiger partial charge in [0.15, 0.2) is 0 Å². The molecule has 0 unspecified atom stereocenters. The molecule has 1 heterocycles. The Bertz CT molecular complexity index is 417. The number of carbonyl (C=O) groups is 1. The lowest BCUT2D eigenvalue weighted by molar-refractivity contribution is -0.384. The highest BCUT2D eigenvalue weighted by molar-refractivity contribution is 6.18. The van der Waals surface area contributed by atoms with E-state index in [1.165, 1.54) is 12.3 Å². The molecule has 0 aliphatic rings. The molecule has 94 valence electrons. The summed E-state index contributed by atoms with van der Waals surface area (Å²) in [6, 6.07) is 1.22. The van der Waals surface area contributed by atoms with Crippen LogP contribution in [0.5, 0.6) is 0 Å². The van der Waals surface area contributed by atoms with Gasteiger partial charge in [0.1, 0.15) is 5.69 Å². The van der Waals surface area contributed by atoms with Gasteiger partial charge < -0.3 is 9.88 Å². The van der Waals surface area contributed by atoms with Gasteiger partial charge in [-0.2, -0.15) is 0 Å². The van der Waals surface area contributed by atoms with E-state index in [4.69, 9.17) is 11.6 Å². The van der Waals surface area contributed by atoms with Crippen molar-refractivity contribution >= 4 is 23.2 Å². The summed E-state index contributed by atoms with van der Waals surface area (Å²) in [4.78, 5) is 26.1. The highest BCUT2D eigenvalue weighted by Crippen LogP contribution is 2.15. The van der Waals surface area contributed by atoms with Crippen molar-refractivity contribution in [1.29, 1.82) is 0 Å². The lowest BCUT2D eigenvalue weighted by atomic mass is 10.2. The van der Waals surface area contributed by atoms with Crippen molar-refractivity contribution in [3.05, 3.63) is 28.1 Å². The second kappa shape index (κ2) is 5.67. The second-order valence-corrected chi connectivity index (χ2v) is 4.19. The van der Waals surface area contributed by atoms with Gasteiger partial charge in [-0.1, -0.05) is 0 Å². The third-order valence-corrected chi connectivity index (χ3v) is 2.49. The Morgan fingerprint density at radius 3 is 2.71 bits per heavy atom. The summed E-state index contributed by atoms with van der Waals surface area (Å²) >= 11 is 5.62. The summed E-state index contributed by atoms with van der Waals surface area (Å²) in [6.07, 6.45) is 1.20. The van der Waals surface area contributed by atoms with Gasteiger partial charge in [-0.15, -0.1) is 11.6 Å². The summed E-state index contributed by atoms with van der Waals surface area (Å²) in [5.74, 6) is 0.0425. The fraction of sp³-hybridized carbons (Fsp3) is 0.500. The van der Waals surface area contributed by atoms with Crippen molar-refractivity contribution in [1.82, 2.24) is 9.88 Å². The van der Waals surface area contributed by atoms with E-state index in [1.54, 1.807) is 4.90 Å². The van der Waals surface area contributed by atoms with E-state index in [-0.39, 0.29) is 23.3 Å². The van der Waals surface area contributed by atoms with Crippen LogP contribution in [0.3, 0.4) is 0 Å². The van der Waals surface area contributed by atoms with Gasteiger partial charge in [-0.25, -0.2) is 0 Å². The number of halogens is 1. The van der Waals surface area contributed by atoms with Crippen LogP contribution in [-0.2, 0) is 0 Å². The van der Waals surface area contributed by atoms with E-state index in [9.17, 15) is 14.9 Å². The van der Waals surface area contributed by atoms with Crippen molar-refractivity contribution in [2.45, 2.75) is 19.9 Å². The molecule has 1 amide bonds. The van der Waals surface area contributed by atoms with Crippen LogP contribution in [0.1, 0.15) is 24.3 Å². The largest absolute Gasteiger partial charge is 0.351 e. The normalized spacial score (nSPS) is 10.6. The molecule has 0 saturated heterocycles. The molecule has 0 aliphatic heterocycles. The molecular weight excluding hydrogens is 246 g/mol. The number of amides is 1. The Labute approximate surface area is 104 Å². The number of nitrogens with zero attached hydrogens (tertiary/aromatic N) is 2. The van der Waals surface area contributed by atoms with Crippen molar-refractivity contribution in [2.24, 2.45) is 0 Å². The summed E-state index contributed by atoms with van der Waals surface area (Å²) in [5.41, 5.74) is 0.0819. The number of hydrogen-bond acceptors (Lipinski definition) is 3. The third kappa shape index (κ3) is 3.20. The number of hydrogen-bond donors (Lipinski definition) is 1. The molecule has 1 N–H and O–H groups in total. The molecular formula is C10H14ClN3O3. The number of aromatic amines is 1. The first-order valence-electron chi connectivity index (χ1n) is 5.17. The quantitative estimate of drug-likeness (QED) is 0.499. The number of rotatable bonds is 5. The summed E-state index contributed by atoms with van der Waals surface area (Å²) < 4.78 is 0. The molecule has 1 aromatic heterocycles. The minimum absolute atomic E-state index is 0.0105. The molecule has 0 radical (unpaired) electrons. The first-order valence-corrected chi connectivity index (χ1v) is 5.70. The van der Waals surface area contributed by atoms with Gasteiger partial charge in [0.2, 0.25) is 0 Å². The van der Waals surface area contributed by atoms with Crippen LogP contribution in [0.4, 0.5) is 5.69 Å². The molecule has 0 aromatic carbocycles. The van der Waals surface area contributed by atoms with Gasteiger partial charge >= 0.3 is 0 Å². The first kappa shape index (κ1) is 13.5. The van der Waals surface area contributed by atoms with Crippen molar-refractivity contribution in [3.8, 4) is 0 Å². The van der Waals surface area contributed by atoms with Crippen molar-refractivity contribution in [2.75, 3.05) is 12.4 Å². The molecule has 0 bridgehead atoms. The Hall–Kier alpha value is -1.56. The van der Waals surface area contributed by atoms with Crippen LogP contribution in [0.15, 0.2) is 12.3 Å². The summed E-state index contributed by atoms with van der Waals surface area (Å²) in [6.45, 7) is 4.13. The Kier molecular flexibility index (Phi) is 4.51. The van der Waals surface area contributed by atoms with E-state index in [1.807, 2.05) is 13.8 Å². The minimum atomic E-state index is -0.547. The number of carbonyl (C=O) groups excluding carboxylic acids is 1. The fourth-order valence-corrected chi connectivity index (χ4v) is 1.63. The van der Waals surface area contributed by atoms with Crippen LogP contribution in [-0.4, -0.2) is 39.2 Å². The number of H-pyrrole nitrogens is 1. The van der Waals surface area contributed by atoms with Gasteiger partial charge in [0.25, 0.3) is 11.6 Å². The predicted molar refractivity (Wildman–Crippen MR) is 64.3 cm³/mol. The zero-order valence-electron chi connectivity index (χ0n) is 9.64. The number of alkyl halides is 1. The van der Waals surface area contributed by atoms with Crippen LogP contribution in [0, 0.1) is 10.1 Å². The maximum atomic E-state index is 12.0. The monoisotopic (exact) mass is 259 g/mol. The average Bonchev–Trinajstić information content (AvgIpc) is 2.73. The maximum absolute atomic E-state index is 12.0. The number of aromatic nitrogens is 1. The highest BCUT2D eigenvalue weighted by Gasteiger charge is 2.21. The van der Waals surface area contributed by atoms with Crippen LogP contribution in [0.2, 0.25) is 0 Å². The molecule has 1 aromatic rings. The Morgan fingerprint density at radius 2 is 2.29 bits per heavy atom. The topological polar surface area (TPSA) is 79.2 Å². The zero-order valence-corrected chi connectivity index (χ0v) is 10.4. The fourth-order valence-electron chi connectivity index (χ4n) is 1.45. The van der Waals surface area contributed by atoms with E-state index < -0.39 is 4.92 Å². The van der Waals surface area contributed by atoms with Crippen LogP contribution >= 0.6 is 11.6 Å². The van der Waals surface area contributed by atoms with Gasteiger partial charge in [-0.05, 0) is 13.8 Å². The van der Waals surface area contributed by atoms with Gasteiger partial charge in [-0.3, -0.25) is 14.9 Å². The minimum Gasteiger partial charge on any atom is -0.351 e. The molecule has 17 heavy (non-hydrogen) atoms. The first-order chi connectivity index (χ1) is 7.97. The average molecular weight is 260 g/mol. The SMILES string of the molecule is CC(C)N(CCCl)C(=O)c1cc([N+](=O)[O-])c[nH]1. The summed E-state index contributed by atoms with van der Waals surface area (Å²) in [5, 5.41) is 10.5. The Balaban J connectivity index is 2.89. The zero-order chi connectivity index (χ0) is 13.0. The number of nitro groups is 1. The lowest BCUT2D eigenvalue weighted by Gasteiger charge is -2.25. The maximum Gasteiger partial charge on any atom is 0.287 e. The second-order valence-electron chi connectivity index (χ2n) is 3.81. The van der Waals surface area contributed by atoms with Crippen LogP contribution < -0.4 is 0 Å². The molecule has 1 rings (SSSR count). The van der Waals surface area contributed by atoms with Crippen LogP contribution in [0.25, 0.3) is 0 Å².